The molecular weight excluding hydrogens is 224 g/mol. The predicted molar refractivity (Wildman–Crippen MR) is 74.9 cm³/mol. The van der Waals surface area contributed by atoms with Gasteiger partial charge in [-0.15, -0.1) is 0 Å². The highest BCUT2D eigenvalue weighted by Crippen LogP contribution is 2.24. The van der Waals surface area contributed by atoms with Crippen LogP contribution in [0.4, 0.5) is 0 Å². The maximum Gasteiger partial charge on any atom is 0.123 e. The molecule has 0 saturated heterocycles. The molecule has 18 heavy (non-hydrogen) atoms. The lowest BCUT2D eigenvalue weighted by atomic mass is 10.0. The number of aryl methyl sites for hydroxylation is 2. The molecule has 0 aromatic heterocycles. The van der Waals surface area contributed by atoms with Crippen molar-refractivity contribution in [3.63, 3.8) is 0 Å². The zero-order valence-corrected chi connectivity index (χ0v) is 11.6. The van der Waals surface area contributed by atoms with Gasteiger partial charge in [0.25, 0.3) is 0 Å². The Morgan fingerprint density at radius 2 is 2.00 bits per heavy atom. The minimum absolute atomic E-state index is 0.308. The Balaban J connectivity index is 2.06. The average molecular weight is 248 g/mol. The summed E-state index contributed by atoms with van der Waals surface area (Å²) in [5.41, 5.74) is 9.88. The summed E-state index contributed by atoms with van der Waals surface area (Å²) in [6.07, 6.45) is 3.57. The highest BCUT2D eigenvalue weighted by Gasteiger charge is 2.23. The minimum Gasteiger partial charge on any atom is -0.496 e. The summed E-state index contributed by atoms with van der Waals surface area (Å²) >= 11 is 0. The number of methoxy groups -OCH3 is 1. The fourth-order valence-electron chi connectivity index (χ4n) is 2.66. The number of nitrogens with one attached hydrogen (secondary N) is 1. The molecule has 0 bridgehead atoms. The van der Waals surface area contributed by atoms with E-state index >= 15 is 0 Å². The van der Waals surface area contributed by atoms with Gasteiger partial charge in [-0.3, -0.25) is 0 Å². The van der Waals surface area contributed by atoms with E-state index in [1.54, 1.807) is 7.11 Å². The lowest BCUT2D eigenvalue weighted by Gasteiger charge is -2.19. The average Bonchev–Trinajstić information content (AvgIpc) is 2.76. The van der Waals surface area contributed by atoms with Crippen molar-refractivity contribution in [3.8, 4) is 5.75 Å². The van der Waals surface area contributed by atoms with E-state index in [4.69, 9.17) is 10.5 Å². The zero-order chi connectivity index (χ0) is 13.1. The van der Waals surface area contributed by atoms with Crippen LogP contribution < -0.4 is 15.8 Å². The molecule has 1 aromatic carbocycles. The van der Waals surface area contributed by atoms with Crippen molar-refractivity contribution in [1.82, 2.24) is 5.32 Å². The van der Waals surface area contributed by atoms with E-state index in [-0.39, 0.29) is 0 Å². The van der Waals surface area contributed by atoms with Crippen LogP contribution in [0.1, 0.15) is 36.0 Å². The molecule has 3 N–H and O–H groups in total. The number of benzene rings is 1. The Bertz CT molecular complexity index is 417. The first-order valence-electron chi connectivity index (χ1n) is 6.75. The summed E-state index contributed by atoms with van der Waals surface area (Å²) < 4.78 is 5.45. The minimum atomic E-state index is 0.308. The molecule has 0 aliphatic heterocycles. The molecule has 2 atom stereocenters. The third kappa shape index (κ3) is 2.85. The van der Waals surface area contributed by atoms with Crippen molar-refractivity contribution >= 4 is 0 Å². The number of rotatable bonds is 4. The molecule has 0 radical (unpaired) electrons. The van der Waals surface area contributed by atoms with Gasteiger partial charge in [-0.2, -0.15) is 0 Å². The van der Waals surface area contributed by atoms with Gasteiger partial charge in [-0.25, -0.2) is 0 Å². The first kappa shape index (κ1) is 13.4. The van der Waals surface area contributed by atoms with Crippen molar-refractivity contribution in [2.75, 3.05) is 7.11 Å². The Hall–Kier alpha value is -1.06. The molecule has 100 valence electrons. The van der Waals surface area contributed by atoms with E-state index in [0.717, 1.165) is 18.7 Å². The van der Waals surface area contributed by atoms with Crippen LogP contribution in [0.3, 0.4) is 0 Å². The molecule has 0 spiro atoms. The topological polar surface area (TPSA) is 47.3 Å². The van der Waals surface area contributed by atoms with E-state index < -0.39 is 0 Å². The third-order valence-corrected chi connectivity index (χ3v) is 4.02. The molecule has 2 rings (SSSR count). The highest BCUT2D eigenvalue weighted by atomic mass is 16.5. The normalized spacial score (nSPS) is 23.3. The Morgan fingerprint density at radius 1 is 1.28 bits per heavy atom. The summed E-state index contributed by atoms with van der Waals surface area (Å²) in [6.45, 7) is 5.09. The van der Waals surface area contributed by atoms with Crippen LogP contribution in [0.25, 0.3) is 0 Å². The fourth-order valence-corrected chi connectivity index (χ4v) is 2.66. The molecule has 1 saturated carbocycles. The van der Waals surface area contributed by atoms with Gasteiger partial charge in [0, 0.05) is 24.2 Å². The summed E-state index contributed by atoms with van der Waals surface area (Å²) in [5.74, 6) is 0.970. The van der Waals surface area contributed by atoms with Gasteiger partial charge in [0.2, 0.25) is 0 Å². The number of hydrogen-bond acceptors (Lipinski definition) is 3. The van der Waals surface area contributed by atoms with Crippen LogP contribution in [0.5, 0.6) is 5.75 Å². The second-order valence-corrected chi connectivity index (χ2v) is 5.33. The van der Waals surface area contributed by atoms with E-state index in [2.05, 4.69) is 31.3 Å². The molecular formula is C15H24N2O. The summed E-state index contributed by atoms with van der Waals surface area (Å²) in [7, 11) is 1.73. The molecule has 3 nitrogen and oxygen atoms in total. The van der Waals surface area contributed by atoms with Crippen molar-refractivity contribution in [2.24, 2.45) is 5.73 Å². The van der Waals surface area contributed by atoms with Gasteiger partial charge in [-0.05, 0) is 43.9 Å². The maximum atomic E-state index is 6.07. The number of nitrogens with two attached hydrogens (primary N) is 1. The van der Waals surface area contributed by atoms with Gasteiger partial charge in [0.1, 0.15) is 5.75 Å². The Morgan fingerprint density at radius 3 is 2.61 bits per heavy atom. The van der Waals surface area contributed by atoms with Crippen LogP contribution in [-0.4, -0.2) is 19.2 Å². The number of ether oxygens (including phenoxy) is 1. The van der Waals surface area contributed by atoms with E-state index in [1.165, 1.54) is 29.5 Å². The molecule has 2 unspecified atom stereocenters. The molecule has 1 fully saturated rings. The molecule has 1 aliphatic carbocycles. The highest BCUT2D eigenvalue weighted by molar-refractivity contribution is 5.41. The number of hydrogen-bond donors (Lipinski definition) is 2. The largest absolute Gasteiger partial charge is 0.496 e. The van der Waals surface area contributed by atoms with Crippen LogP contribution in [-0.2, 0) is 6.54 Å². The molecule has 0 heterocycles. The maximum absolute atomic E-state index is 6.07. The molecule has 1 aliphatic rings. The van der Waals surface area contributed by atoms with Gasteiger partial charge in [0.05, 0.1) is 7.11 Å². The second-order valence-electron chi connectivity index (χ2n) is 5.33. The lowest BCUT2D eigenvalue weighted by molar-refractivity contribution is 0.402. The van der Waals surface area contributed by atoms with Crippen LogP contribution >= 0.6 is 0 Å². The first-order chi connectivity index (χ1) is 8.61. The van der Waals surface area contributed by atoms with Gasteiger partial charge in [-0.1, -0.05) is 12.5 Å². The van der Waals surface area contributed by atoms with Crippen LogP contribution in [0.15, 0.2) is 12.1 Å². The van der Waals surface area contributed by atoms with Gasteiger partial charge >= 0.3 is 0 Å². The zero-order valence-electron chi connectivity index (χ0n) is 11.6. The Labute approximate surface area is 110 Å². The lowest BCUT2D eigenvalue weighted by Crippen LogP contribution is -2.40. The Kier molecular flexibility index (Phi) is 4.25. The monoisotopic (exact) mass is 248 g/mol. The predicted octanol–water partition coefficient (Wildman–Crippen LogP) is 2.28. The van der Waals surface area contributed by atoms with Crippen LogP contribution in [0, 0.1) is 13.8 Å². The second kappa shape index (κ2) is 5.72. The van der Waals surface area contributed by atoms with Gasteiger partial charge < -0.3 is 15.8 Å². The molecule has 3 heteroatoms. The van der Waals surface area contributed by atoms with Gasteiger partial charge in [0.15, 0.2) is 0 Å². The SMILES string of the molecule is COc1cc(C)c(C)cc1CNC1CCCC1N. The smallest absolute Gasteiger partial charge is 0.123 e. The summed E-state index contributed by atoms with van der Waals surface area (Å²) in [5, 5.41) is 3.56. The first-order valence-corrected chi connectivity index (χ1v) is 6.75. The van der Waals surface area contributed by atoms with E-state index in [0.29, 0.717) is 12.1 Å². The van der Waals surface area contributed by atoms with Crippen molar-refractivity contribution in [3.05, 3.63) is 28.8 Å². The van der Waals surface area contributed by atoms with Crippen molar-refractivity contribution in [2.45, 2.75) is 51.7 Å². The van der Waals surface area contributed by atoms with Crippen molar-refractivity contribution in [1.29, 1.82) is 0 Å². The summed E-state index contributed by atoms with van der Waals surface area (Å²) in [6, 6.07) is 5.08. The van der Waals surface area contributed by atoms with Crippen LogP contribution in [0.2, 0.25) is 0 Å². The fraction of sp³-hybridized carbons (Fsp3) is 0.600. The standard InChI is InChI=1S/C15H24N2O/c1-10-7-12(15(18-3)8-11(10)2)9-17-14-6-4-5-13(14)16/h7-8,13-14,17H,4-6,9,16H2,1-3H3. The van der Waals surface area contributed by atoms with E-state index in [1.807, 2.05) is 0 Å². The van der Waals surface area contributed by atoms with Crippen molar-refractivity contribution < 1.29 is 4.74 Å². The quantitative estimate of drug-likeness (QED) is 0.859. The summed E-state index contributed by atoms with van der Waals surface area (Å²) in [4.78, 5) is 0. The molecule has 1 aromatic rings. The van der Waals surface area contributed by atoms with E-state index in [9.17, 15) is 0 Å². The third-order valence-electron chi connectivity index (χ3n) is 4.02. The molecule has 0 amide bonds.